The second kappa shape index (κ2) is 6.97. The van der Waals surface area contributed by atoms with E-state index in [2.05, 4.69) is 28.9 Å². The third kappa shape index (κ3) is 4.86. The Labute approximate surface area is 133 Å². The third-order valence-electron chi connectivity index (χ3n) is 2.70. The van der Waals surface area contributed by atoms with Crippen LogP contribution in [-0.2, 0) is 23.1 Å². The van der Waals surface area contributed by atoms with Gasteiger partial charge in [0.25, 0.3) is 0 Å². The van der Waals surface area contributed by atoms with Crippen molar-refractivity contribution in [1.82, 2.24) is 15.0 Å². The van der Waals surface area contributed by atoms with Crippen LogP contribution in [0.25, 0.3) is 0 Å². The van der Waals surface area contributed by atoms with Gasteiger partial charge in [-0.1, -0.05) is 13.8 Å². The lowest BCUT2D eigenvalue weighted by Gasteiger charge is -2.05. The molecule has 0 radical (unpaired) electrons. The van der Waals surface area contributed by atoms with Gasteiger partial charge in [-0.25, -0.2) is 18.1 Å². The molecule has 2 aromatic rings. The first-order valence-corrected chi connectivity index (χ1v) is 9.82. The van der Waals surface area contributed by atoms with Crippen molar-refractivity contribution < 1.29 is 8.42 Å². The number of thiazole rings is 1. The smallest absolute Gasteiger partial charge is 0.241 e. The van der Waals surface area contributed by atoms with Crippen LogP contribution in [0.1, 0.15) is 29.4 Å². The zero-order valence-corrected chi connectivity index (χ0v) is 14.7. The van der Waals surface area contributed by atoms with E-state index in [4.69, 9.17) is 0 Å². The van der Waals surface area contributed by atoms with Crippen LogP contribution in [0.4, 0.5) is 0 Å². The molecule has 8 heteroatoms. The molecule has 0 unspecified atom stereocenters. The van der Waals surface area contributed by atoms with E-state index < -0.39 is 10.0 Å². The molecule has 0 saturated carbocycles. The molecule has 2 heterocycles. The van der Waals surface area contributed by atoms with Crippen LogP contribution in [0, 0.1) is 6.92 Å². The quantitative estimate of drug-likeness (QED) is 0.809. The Balaban J connectivity index is 1.99. The average molecular weight is 346 g/mol. The van der Waals surface area contributed by atoms with E-state index in [1.165, 1.54) is 22.7 Å². The molecular weight excluding hydrogens is 326 g/mol. The van der Waals surface area contributed by atoms with Crippen LogP contribution in [0.5, 0.6) is 0 Å². The van der Waals surface area contributed by atoms with Crippen molar-refractivity contribution in [1.29, 1.82) is 0 Å². The summed E-state index contributed by atoms with van der Waals surface area (Å²) in [6.07, 6.45) is 0. The maximum Gasteiger partial charge on any atom is 0.241 e. The van der Waals surface area contributed by atoms with Crippen LogP contribution in [-0.4, -0.2) is 19.4 Å². The molecule has 0 atom stereocenters. The zero-order valence-electron chi connectivity index (χ0n) is 12.2. The van der Waals surface area contributed by atoms with Gasteiger partial charge < -0.3 is 5.32 Å². The second-order valence-corrected chi connectivity index (χ2v) is 8.70. The molecule has 116 valence electrons. The van der Waals surface area contributed by atoms with Crippen LogP contribution < -0.4 is 10.0 Å². The summed E-state index contributed by atoms with van der Waals surface area (Å²) in [6.45, 7) is 6.92. The molecule has 21 heavy (non-hydrogen) atoms. The predicted molar refractivity (Wildman–Crippen MR) is 87.2 cm³/mol. The van der Waals surface area contributed by atoms with E-state index in [0.29, 0.717) is 17.5 Å². The summed E-state index contributed by atoms with van der Waals surface area (Å²) in [5.41, 5.74) is 0.909. The van der Waals surface area contributed by atoms with Gasteiger partial charge in [-0.15, -0.1) is 22.7 Å². The maximum atomic E-state index is 12.2. The van der Waals surface area contributed by atoms with Gasteiger partial charge in [-0.2, -0.15) is 0 Å². The van der Waals surface area contributed by atoms with Gasteiger partial charge in [0.15, 0.2) is 0 Å². The number of hydrogen-bond donors (Lipinski definition) is 2. The molecule has 0 aromatic carbocycles. The number of thiophene rings is 1. The van der Waals surface area contributed by atoms with Crippen molar-refractivity contribution in [3.8, 4) is 0 Å². The minimum atomic E-state index is -3.47. The fourth-order valence-electron chi connectivity index (χ4n) is 1.62. The molecule has 0 fully saturated rings. The summed E-state index contributed by atoms with van der Waals surface area (Å²) in [5, 5.41) is 7.63. The Bertz CT molecular complexity index is 689. The van der Waals surface area contributed by atoms with E-state index in [-0.39, 0.29) is 6.54 Å². The molecule has 0 amide bonds. The largest absolute Gasteiger partial charge is 0.310 e. The van der Waals surface area contributed by atoms with Gasteiger partial charge in [0.05, 0.1) is 11.4 Å². The number of sulfonamides is 1. The van der Waals surface area contributed by atoms with Gasteiger partial charge in [0.1, 0.15) is 5.01 Å². The van der Waals surface area contributed by atoms with E-state index in [9.17, 15) is 8.42 Å². The summed E-state index contributed by atoms with van der Waals surface area (Å²) in [4.78, 5) is 5.57. The number of aryl methyl sites for hydroxylation is 1. The highest BCUT2D eigenvalue weighted by molar-refractivity contribution is 7.89. The number of hydrogen-bond acceptors (Lipinski definition) is 6. The zero-order chi connectivity index (χ0) is 15.5. The van der Waals surface area contributed by atoms with Gasteiger partial charge in [-0.05, 0) is 13.0 Å². The second-order valence-electron chi connectivity index (χ2n) is 4.99. The fourth-order valence-corrected chi connectivity index (χ4v) is 4.64. The molecule has 2 N–H and O–H groups in total. The summed E-state index contributed by atoms with van der Waals surface area (Å²) < 4.78 is 27.0. The first-order chi connectivity index (χ1) is 9.87. The molecule has 2 rings (SSSR count). The monoisotopic (exact) mass is 345 g/mol. The Morgan fingerprint density at radius 3 is 2.62 bits per heavy atom. The fraction of sp³-hybridized carbons (Fsp3) is 0.462. The van der Waals surface area contributed by atoms with E-state index in [1.807, 2.05) is 12.3 Å². The van der Waals surface area contributed by atoms with Gasteiger partial charge in [0.2, 0.25) is 10.0 Å². The molecule has 2 aromatic heterocycles. The first kappa shape index (κ1) is 16.6. The minimum absolute atomic E-state index is 0.232. The number of nitrogens with zero attached hydrogens (tertiary/aromatic N) is 1. The molecular formula is C13H19N3O2S3. The number of aromatic nitrogens is 1. The maximum absolute atomic E-state index is 12.2. The predicted octanol–water partition coefficient (Wildman–Crippen LogP) is 2.49. The van der Waals surface area contributed by atoms with Crippen molar-refractivity contribution in [2.45, 2.75) is 44.8 Å². The standard InChI is InChI=1S/C13H19N3O2S3/c1-9(2)14-5-11-4-12(8-19-11)21(17,18)15-6-13-16-10(3)7-20-13/h4,7-9,14-15H,5-6H2,1-3H3. The van der Waals surface area contributed by atoms with Gasteiger partial charge in [-0.3, -0.25) is 0 Å². The van der Waals surface area contributed by atoms with Crippen LogP contribution in [0.15, 0.2) is 21.7 Å². The molecule has 0 aliphatic heterocycles. The lowest BCUT2D eigenvalue weighted by atomic mass is 10.4. The molecule has 0 saturated heterocycles. The van der Waals surface area contributed by atoms with Crippen molar-refractivity contribution in [2.75, 3.05) is 0 Å². The summed E-state index contributed by atoms with van der Waals surface area (Å²) in [7, 11) is -3.47. The Morgan fingerprint density at radius 2 is 2.00 bits per heavy atom. The average Bonchev–Trinajstić information content (AvgIpc) is 3.03. The molecule has 0 aliphatic carbocycles. The first-order valence-electron chi connectivity index (χ1n) is 6.58. The van der Waals surface area contributed by atoms with E-state index in [0.717, 1.165) is 15.6 Å². The third-order valence-corrected chi connectivity index (χ3v) is 6.14. The number of rotatable bonds is 7. The highest BCUT2D eigenvalue weighted by atomic mass is 32.2. The molecule has 0 bridgehead atoms. The summed E-state index contributed by atoms with van der Waals surface area (Å²) in [6, 6.07) is 2.09. The normalized spacial score (nSPS) is 12.2. The Morgan fingerprint density at radius 1 is 1.24 bits per heavy atom. The molecule has 0 spiro atoms. The minimum Gasteiger partial charge on any atom is -0.310 e. The lowest BCUT2D eigenvalue weighted by molar-refractivity contribution is 0.580. The Kier molecular flexibility index (Phi) is 5.50. The van der Waals surface area contributed by atoms with Crippen molar-refractivity contribution >= 4 is 32.7 Å². The molecule has 5 nitrogen and oxygen atoms in total. The van der Waals surface area contributed by atoms with Crippen LogP contribution in [0.3, 0.4) is 0 Å². The highest BCUT2D eigenvalue weighted by Crippen LogP contribution is 2.20. The van der Waals surface area contributed by atoms with Gasteiger partial charge in [0, 0.05) is 33.9 Å². The lowest BCUT2D eigenvalue weighted by Crippen LogP contribution is -2.23. The van der Waals surface area contributed by atoms with Crippen molar-refractivity contribution in [2.24, 2.45) is 0 Å². The van der Waals surface area contributed by atoms with Crippen molar-refractivity contribution in [3.63, 3.8) is 0 Å². The highest BCUT2D eigenvalue weighted by Gasteiger charge is 2.16. The topological polar surface area (TPSA) is 71.1 Å². The molecule has 0 aliphatic rings. The number of nitrogens with one attached hydrogen (secondary N) is 2. The Hall–Kier alpha value is -0.800. The van der Waals surface area contributed by atoms with E-state index >= 15 is 0 Å². The van der Waals surface area contributed by atoms with Crippen LogP contribution >= 0.6 is 22.7 Å². The van der Waals surface area contributed by atoms with Crippen molar-refractivity contribution in [3.05, 3.63) is 32.4 Å². The summed E-state index contributed by atoms with van der Waals surface area (Å²) >= 11 is 2.91. The van der Waals surface area contributed by atoms with Gasteiger partial charge >= 0.3 is 0 Å². The van der Waals surface area contributed by atoms with Crippen LogP contribution in [0.2, 0.25) is 0 Å². The van der Waals surface area contributed by atoms with E-state index in [1.54, 1.807) is 11.4 Å². The summed E-state index contributed by atoms with van der Waals surface area (Å²) in [5.74, 6) is 0. The SMILES string of the molecule is Cc1csc(CNS(=O)(=O)c2csc(CNC(C)C)c2)n1.